The molecule has 0 radical (unpaired) electrons. The molecule has 1 aliphatic heterocycles. The second-order valence-electron chi connectivity index (χ2n) is 6.95. The van der Waals surface area contributed by atoms with Crippen molar-refractivity contribution < 1.29 is 13.9 Å². The fraction of sp³-hybridized carbons (Fsp3) is 0.217. The van der Waals surface area contributed by atoms with Crippen LogP contribution < -0.4 is 9.47 Å². The highest BCUT2D eigenvalue weighted by molar-refractivity contribution is 6.07. The summed E-state index contributed by atoms with van der Waals surface area (Å²) in [5.41, 5.74) is 4.18. The van der Waals surface area contributed by atoms with Crippen LogP contribution >= 0.6 is 0 Å². The molecule has 5 rings (SSSR count). The first-order chi connectivity index (χ1) is 13.3. The molecule has 0 unspecified atom stereocenters. The molecular formula is C23H21NO3. The molecule has 1 aliphatic rings. The van der Waals surface area contributed by atoms with E-state index in [-0.39, 0.29) is 0 Å². The molecule has 0 fully saturated rings. The zero-order valence-electron chi connectivity index (χ0n) is 15.3. The molecule has 0 amide bonds. The van der Waals surface area contributed by atoms with Gasteiger partial charge in [0.1, 0.15) is 36.0 Å². The molecule has 4 aromatic rings. The van der Waals surface area contributed by atoms with E-state index >= 15 is 0 Å². The summed E-state index contributed by atoms with van der Waals surface area (Å²) >= 11 is 0. The molecule has 27 heavy (non-hydrogen) atoms. The number of ether oxygens (including phenoxy) is 2. The molecule has 0 bridgehead atoms. The highest BCUT2D eigenvalue weighted by Gasteiger charge is 2.22. The Balaban J connectivity index is 1.38. The summed E-state index contributed by atoms with van der Waals surface area (Å²) in [5, 5.41) is 2.30. The van der Waals surface area contributed by atoms with Gasteiger partial charge in [0.05, 0.1) is 0 Å². The van der Waals surface area contributed by atoms with E-state index in [4.69, 9.17) is 13.9 Å². The number of rotatable bonds is 4. The lowest BCUT2D eigenvalue weighted by Gasteiger charge is -2.29. The normalized spacial score (nSPS) is 14.3. The van der Waals surface area contributed by atoms with Crippen LogP contribution in [0.2, 0.25) is 0 Å². The SMILES string of the molecule is Cc1ccccc1OCCN1COc2ccc3oc4ccccc4c3c2C1. The van der Waals surface area contributed by atoms with Crippen molar-refractivity contribution in [2.24, 2.45) is 0 Å². The van der Waals surface area contributed by atoms with Crippen LogP contribution in [-0.2, 0) is 6.54 Å². The molecule has 0 saturated carbocycles. The largest absolute Gasteiger partial charge is 0.492 e. The van der Waals surface area contributed by atoms with Crippen LogP contribution in [0, 0.1) is 6.92 Å². The molecule has 136 valence electrons. The Bertz CT molecular complexity index is 1120. The van der Waals surface area contributed by atoms with Gasteiger partial charge in [0.25, 0.3) is 0 Å². The average molecular weight is 359 g/mol. The van der Waals surface area contributed by atoms with Crippen LogP contribution in [-0.4, -0.2) is 24.8 Å². The second kappa shape index (κ2) is 6.63. The fourth-order valence-electron chi connectivity index (χ4n) is 3.74. The number of hydrogen-bond acceptors (Lipinski definition) is 4. The third-order valence-corrected chi connectivity index (χ3v) is 5.15. The van der Waals surface area contributed by atoms with Crippen LogP contribution in [0.4, 0.5) is 0 Å². The van der Waals surface area contributed by atoms with Gasteiger partial charge in [-0.2, -0.15) is 0 Å². The summed E-state index contributed by atoms with van der Waals surface area (Å²) < 4.78 is 18.0. The second-order valence-corrected chi connectivity index (χ2v) is 6.95. The first-order valence-electron chi connectivity index (χ1n) is 9.26. The van der Waals surface area contributed by atoms with E-state index in [0.717, 1.165) is 52.1 Å². The lowest BCUT2D eigenvalue weighted by atomic mass is 10.0. The van der Waals surface area contributed by atoms with Crippen molar-refractivity contribution in [3.63, 3.8) is 0 Å². The number of hydrogen-bond donors (Lipinski definition) is 0. The smallest absolute Gasteiger partial charge is 0.142 e. The molecular weight excluding hydrogens is 338 g/mol. The number of benzene rings is 3. The lowest BCUT2D eigenvalue weighted by Crippen LogP contribution is -2.35. The highest BCUT2D eigenvalue weighted by Crippen LogP contribution is 2.38. The van der Waals surface area contributed by atoms with Gasteiger partial charge in [-0.3, -0.25) is 4.90 Å². The maximum atomic E-state index is 6.02. The van der Waals surface area contributed by atoms with Crippen LogP contribution in [0.25, 0.3) is 21.9 Å². The zero-order valence-corrected chi connectivity index (χ0v) is 15.3. The Morgan fingerprint density at radius 2 is 1.81 bits per heavy atom. The summed E-state index contributed by atoms with van der Waals surface area (Å²) in [6.07, 6.45) is 0. The predicted octanol–water partition coefficient (Wildman–Crippen LogP) is 5.13. The Morgan fingerprint density at radius 1 is 0.963 bits per heavy atom. The number of aryl methyl sites for hydroxylation is 1. The molecule has 1 aromatic heterocycles. The van der Waals surface area contributed by atoms with Crippen molar-refractivity contribution in [2.45, 2.75) is 13.5 Å². The molecule has 0 spiro atoms. The van der Waals surface area contributed by atoms with Gasteiger partial charge >= 0.3 is 0 Å². The van der Waals surface area contributed by atoms with E-state index in [0.29, 0.717) is 13.3 Å². The Hall–Kier alpha value is -2.98. The number of nitrogens with zero attached hydrogens (tertiary/aromatic N) is 1. The van der Waals surface area contributed by atoms with E-state index in [9.17, 15) is 0 Å². The summed E-state index contributed by atoms with van der Waals surface area (Å²) in [5.74, 6) is 1.89. The summed E-state index contributed by atoms with van der Waals surface area (Å²) in [4.78, 5) is 2.27. The molecule has 4 heteroatoms. The van der Waals surface area contributed by atoms with Gasteiger partial charge in [0.2, 0.25) is 0 Å². The van der Waals surface area contributed by atoms with Gasteiger partial charge in [-0.1, -0.05) is 36.4 Å². The van der Waals surface area contributed by atoms with Crippen molar-refractivity contribution in [3.8, 4) is 11.5 Å². The van der Waals surface area contributed by atoms with Gasteiger partial charge in [0, 0.05) is 29.4 Å². The first kappa shape index (κ1) is 16.2. The van der Waals surface area contributed by atoms with Gasteiger partial charge in [-0.25, -0.2) is 0 Å². The fourth-order valence-corrected chi connectivity index (χ4v) is 3.74. The van der Waals surface area contributed by atoms with E-state index < -0.39 is 0 Å². The molecule has 0 atom stereocenters. The van der Waals surface area contributed by atoms with Crippen LogP contribution in [0.5, 0.6) is 11.5 Å². The summed E-state index contributed by atoms with van der Waals surface area (Å²) in [7, 11) is 0. The molecule has 2 heterocycles. The van der Waals surface area contributed by atoms with Crippen molar-refractivity contribution in [1.29, 1.82) is 0 Å². The minimum absolute atomic E-state index is 0.575. The minimum atomic E-state index is 0.575. The Morgan fingerprint density at radius 3 is 2.74 bits per heavy atom. The minimum Gasteiger partial charge on any atom is -0.492 e. The number of furan rings is 1. The molecule has 0 saturated heterocycles. The third kappa shape index (κ3) is 2.92. The standard InChI is InChI=1S/C23H21NO3/c1-16-6-2-4-8-19(16)25-13-12-24-14-18-20(26-15-24)10-11-22-23(18)17-7-3-5-9-21(17)27-22/h2-11H,12-15H2,1H3. The number of para-hydroxylation sites is 2. The maximum absolute atomic E-state index is 6.02. The van der Waals surface area contributed by atoms with Gasteiger partial charge in [-0.05, 0) is 36.8 Å². The van der Waals surface area contributed by atoms with Crippen molar-refractivity contribution in [3.05, 3.63) is 71.8 Å². The Kier molecular flexibility index (Phi) is 3.98. The van der Waals surface area contributed by atoms with Gasteiger partial charge in [0.15, 0.2) is 0 Å². The topological polar surface area (TPSA) is 34.8 Å². The van der Waals surface area contributed by atoms with Gasteiger partial charge < -0.3 is 13.9 Å². The summed E-state index contributed by atoms with van der Waals surface area (Å²) in [6, 6.07) is 20.3. The predicted molar refractivity (Wildman–Crippen MR) is 106 cm³/mol. The van der Waals surface area contributed by atoms with E-state index in [2.05, 4.69) is 24.0 Å². The number of fused-ring (bicyclic) bond motifs is 5. The molecule has 3 aromatic carbocycles. The van der Waals surface area contributed by atoms with Crippen LogP contribution in [0.15, 0.2) is 65.1 Å². The highest BCUT2D eigenvalue weighted by atomic mass is 16.5. The molecule has 4 nitrogen and oxygen atoms in total. The van der Waals surface area contributed by atoms with Crippen molar-refractivity contribution in [1.82, 2.24) is 4.90 Å². The van der Waals surface area contributed by atoms with Crippen molar-refractivity contribution in [2.75, 3.05) is 19.9 Å². The lowest BCUT2D eigenvalue weighted by molar-refractivity contribution is 0.0817. The Labute approximate surface area is 157 Å². The maximum Gasteiger partial charge on any atom is 0.142 e. The van der Waals surface area contributed by atoms with Crippen molar-refractivity contribution >= 4 is 21.9 Å². The first-order valence-corrected chi connectivity index (χ1v) is 9.26. The molecule has 0 N–H and O–H groups in total. The van der Waals surface area contributed by atoms with Gasteiger partial charge in [-0.15, -0.1) is 0 Å². The summed E-state index contributed by atoms with van der Waals surface area (Å²) in [6.45, 7) is 4.90. The zero-order chi connectivity index (χ0) is 18.2. The van der Waals surface area contributed by atoms with Crippen LogP contribution in [0.3, 0.4) is 0 Å². The molecule has 0 aliphatic carbocycles. The monoisotopic (exact) mass is 359 g/mol. The third-order valence-electron chi connectivity index (χ3n) is 5.15. The van der Waals surface area contributed by atoms with E-state index in [1.54, 1.807) is 0 Å². The van der Waals surface area contributed by atoms with E-state index in [1.807, 2.05) is 48.5 Å². The van der Waals surface area contributed by atoms with Crippen LogP contribution in [0.1, 0.15) is 11.1 Å². The quantitative estimate of drug-likeness (QED) is 0.506. The van der Waals surface area contributed by atoms with E-state index in [1.165, 1.54) is 5.56 Å². The average Bonchev–Trinajstić information content (AvgIpc) is 3.08.